The number of carboxylic acid groups (broad SMARTS) is 1. The molecule has 0 radical (unpaired) electrons. The molecule has 0 spiro atoms. The number of aromatic nitrogens is 2. The van der Waals surface area contributed by atoms with E-state index in [-0.39, 0.29) is 6.42 Å². The molecule has 6 heteroatoms. The molecule has 0 aliphatic carbocycles. The molecule has 90 valence electrons. The Balaban J connectivity index is 1.83. The van der Waals surface area contributed by atoms with Gasteiger partial charge in [0.25, 0.3) is 0 Å². The quantitative estimate of drug-likeness (QED) is 0.608. The van der Waals surface area contributed by atoms with Gasteiger partial charge in [0.15, 0.2) is 6.33 Å². The monoisotopic (exact) mass is 227 g/mol. The van der Waals surface area contributed by atoms with Crippen LogP contribution in [0.15, 0.2) is 10.9 Å². The van der Waals surface area contributed by atoms with Gasteiger partial charge in [-0.3, -0.25) is 4.79 Å². The molecule has 0 fully saturated rings. The molecule has 0 atom stereocenters. The molecule has 0 aromatic carbocycles. The van der Waals surface area contributed by atoms with E-state index in [4.69, 9.17) is 9.63 Å². The molecule has 16 heavy (non-hydrogen) atoms. The van der Waals surface area contributed by atoms with Crippen LogP contribution in [0.3, 0.4) is 0 Å². The number of unbranched alkanes of at least 4 members (excludes halogenated alkanes) is 2. The number of nitrogens with one attached hydrogen (secondary N) is 1. The molecule has 1 aromatic rings. The number of carboxylic acids is 1. The van der Waals surface area contributed by atoms with Crippen LogP contribution < -0.4 is 5.32 Å². The molecule has 1 rings (SSSR count). The van der Waals surface area contributed by atoms with E-state index >= 15 is 0 Å². The van der Waals surface area contributed by atoms with Crippen molar-refractivity contribution in [3.63, 3.8) is 0 Å². The zero-order chi connectivity index (χ0) is 11.6. The van der Waals surface area contributed by atoms with Gasteiger partial charge in [-0.15, -0.1) is 0 Å². The van der Waals surface area contributed by atoms with E-state index in [1.54, 1.807) is 0 Å². The topological polar surface area (TPSA) is 88.2 Å². The lowest BCUT2D eigenvalue weighted by atomic mass is 10.2. The molecule has 1 heterocycles. The van der Waals surface area contributed by atoms with Crippen LogP contribution in [0.5, 0.6) is 0 Å². The van der Waals surface area contributed by atoms with E-state index in [9.17, 15) is 4.79 Å². The van der Waals surface area contributed by atoms with Crippen molar-refractivity contribution in [2.45, 2.75) is 32.1 Å². The van der Waals surface area contributed by atoms with Crippen LogP contribution >= 0.6 is 0 Å². The second-order valence-corrected chi connectivity index (χ2v) is 3.54. The molecule has 0 bridgehead atoms. The van der Waals surface area contributed by atoms with Crippen LogP contribution in [0.25, 0.3) is 0 Å². The molecule has 2 N–H and O–H groups in total. The van der Waals surface area contributed by atoms with Crippen molar-refractivity contribution in [2.75, 3.05) is 13.1 Å². The first-order valence-corrected chi connectivity index (χ1v) is 5.47. The van der Waals surface area contributed by atoms with Crippen molar-refractivity contribution in [3.8, 4) is 0 Å². The molecule has 0 saturated heterocycles. The van der Waals surface area contributed by atoms with E-state index in [1.165, 1.54) is 6.33 Å². The van der Waals surface area contributed by atoms with Crippen molar-refractivity contribution in [3.05, 3.63) is 12.2 Å². The fourth-order valence-electron chi connectivity index (χ4n) is 1.33. The van der Waals surface area contributed by atoms with E-state index in [0.29, 0.717) is 5.89 Å². The Kier molecular flexibility index (Phi) is 6.17. The lowest BCUT2D eigenvalue weighted by Crippen LogP contribution is -2.18. The third-order valence-corrected chi connectivity index (χ3v) is 2.17. The number of rotatable bonds is 9. The van der Waals surface area contributed by atoms with E-state index in [2.05, 4.69) is 15.5 Å². The standard InChI is InChI=1S/C10H17N3O3/c14-10(15)4-2-1-3-6-11-7-5-9-12-8-13-16-9/h8,11H,1-7H2,(H,14,15). The molecular formula is C10H17N3O3. The van der Waals surface area contributed by atoms with Crippen LogP contribution in [-0.4, -0.2) is 34.3 Å². The van der Waals surface area contributed by atoms with Crippen molar-refractivity contribution in [1.82, 2.24) is 15.5 Å². The summed E-state index contributed by atoms with van der Waals surface area (Å²) >= 11 is 0. The fraction of sp³-hybridized carbons (Fsp3) is 0.700. The Morgan fingerprint density at radius 2 is 2.25 bits per heavy atom. The predicted molar refractivity (Wildman–Crippen MR) is 57.0 cm³/mol. The summed E-state index contributed by atoms with van der Waals surface area (Å²) in [5.41, 5.74) is 0. The summed E-state index contributed by atoms with van der Waals surface area (Å²) in [6, 6.07) is 0. The van der Waals surface area contributed by atoms with Crippen molar-refractivity contribution in [1.29, 1.82) is 0 Å². The van der Waals surface area contributed by atoms with Crippen LogP contribution in [-0.2, 0) is 11.2 Å². The van der Waals surface area contributed by atoms with Gasteiger partial charge in [0.05, 0.1) is 0 Å². The molecule has 0 unspecified atom stereocenters. The summed E-state index contributed by atoms with van der Waals surface area (Å²) in [5.74, 6) is -0.0808. The van der Waals surface area contributed by atoms with Crippen LogP contribution in [0, 0.1) is 0 Å². The zero-order valence-electron chi connectivity index (χ0n) is 9.19. The largest absolute Gasteiger partial charge is 0.481 e. The molecule has 0 saturated carbocycles. The Morgan fingerprint density at radius 3 is 2.94 bits per heavy atom. The zero-order valence-corrected chi connectivity index (χ0v) is 9.19. The maximum Gasteiger partial charge on any atom is 0.303 e. The average Bonchev–Trinajstić information content (AvgIpc) is 2.74. The SMILES string of the molecule is O=C(O)CCCCCNCCc1ncno1. The molecule has 6 nitrogen and oxygen atoms in total. The van der Waals surface area contributed by atoms with Gasteiger partial charge in [-0.1, -0.05) is 11.6 Å². The minimum absolute atomic E-state index is 0.266. The fourth-order valence-corrected chi connectivity index (χ4v) is 1.33. The lowest BCUT2D eigenvalue weighted by molar-refractivity contribution is -0.137. The van der Waals surface area contributed by atoms with E-state index in [0.717, 1.165) is 38.8 Å². The van der Waals surface area contributed by atoms with E-state index in [1.807, 2.05) is 0 Å². The highest BCUT2D eigenvalue weighted by Gasteiger charge is 1.98. The first-order chi connectivity index (χ1) is 7.79. The highest BCUT2D eigenvalue weighted by molar-refractivity contribution is 5.66. The minimum Gasteiger partial charge on any atom is -0.481 e. The number of nitrogens with zero attached hydrogens (tertiary/aromatic N) is 2. The summed E-state index contributed by atoms with van der Waals surface area (Å²) in [7, 11) is 0. The van der Waals surface area contributed by atoms with Gasteiger partial charge in [0.1, 0.15) is 0 Å². The van der Waals surface area contributed by atoms with E-state index < -0.39 is 5.97 Å². The molecule has 0 aliphatic heterocycles. The van der Waals surface area contributed by atoms with Gasteiger partial charge < -0.3 is 14.9 Å². The summed E-state index contributed by atoms with van der Waals surface area (Å²) in [6.45, 7) is 1.70. The normalized spacial score (nSPS) is 10.5. The summed E-state index contributed by atoms with van der Waals surface area (Å²) in [6.07, 6.45) is 5.08. The Labute approximate surface area is 94.0 Å². The third kappa shape index (κ3) is 6.13. The third-order valence-electron chi connectivity index (χ3n) is 2.17. The molecule has 1 aromatic heterocycles. The van der Waals surface area contributed by atoms with Gasteiger partial charge in [-0.2, -0.15) is 4.98 Å². The summed E-state index contributed by atoms with van der Waals surface area (Å²) in [4.78, 5) is 14.1. The second kappa shape index (κ2) is 7.81. The molecule has 0 aliphatic rings. The number of hydrogen-bond donors (Lipinski definition) is 2. The molecular weight excluding hydrogens is 210 g/mol. The van der Waals surface area contributed by atoms with Crippen LogP contribution in [0.4, 0.5) is 0 Å². The van der Waals surface area contributed by atoms with Gasteiger partial charge in [-0.05, 0) is 19.4 Å². The van der Waals surface area contributed by atoms with Crippen LogP contribution in [0.2, 0.25) is 0 Å². The highest BCUT2D eigenvalue weighted by Crippen LogP contribution is 1.98. The van der Waals surface area contributed by atoms with Crippen LogP contribution in [0.1, 0.15) is 31.6 Å². The van der Waals surface area contributed by atoms with Gasteiger partial charge in [-0.25, -0.2) is 0 Å². The van der Waals surface area contributed by atoms with Gasteiger partial charge in [0, 0.05) is 19.4 Å². The lowest BCUT2D eigenvalue weighted by Gasteiger charge is -2.01. The average molecular weight is 227 g/mol. The van der Waals surface area contributed by atoms with Gasteiger partial charge in [0.2, 0.25) is 5.89 Å². The Bertz CT molecular complexity index is 288. The van der Waals surface area contributed by atoms with Crippen molar-refractivity contribution in [2.24, 2.45) is 0 Å². The number of hydrogen-bond acceptors (Lipinski definition) is 5. The first kappa shape index (κ1) is 12.6. The van der Waals surface area contributed by atoms with Crippen molar-refractivity contribution < 1.29 is 14.4 Å². The first-order valence-electron chi connectivity index (χ1n) is 5.47. The second-order valence-electron chi connectivity index (χ2n) is 3.54. The summed E-state index contributed by atoms with van der Waals surface area (Å²) in [5, 5.41) is 15.2. The van der Waals surface area contributed by atoms with Gasteiger partial charge >= 0.3 is 5.97 Å². The molecule has 0 amide bonds. The number of carbonyl (C=O) groups is 1. The maximum absolute atomic E-state index is 10.2. The highest BCUT2D eigenvalue weighted by atomic mass is 16.5. The summed E-state index contributed by atoms with van der Waals surface area (Å²) < 4.78 is 4.84. The Hall–Kier alpha value is -1.43. The maximum atomic E-state index is 10.2. The predicted octanol–water partition coefficient (Wildman–Crippen LogP) is 0.847. The smallest absolute Gasteiger partial charge is 0.303 e. The number of aliphatic carboxylic acids is 1. The minimum atomic E-state index is -0.718. The Morgan fingerprint density at radius 1 is 1.38 bits per heavy atom. The van der Waals surface area contributed by atoms with Crippen molar-refractivity contribution >= 4 is 5.97 Å².